The highest BCUT2D eigenvalue weighted by molar-refractivity contribution is 6.34. The summed E-state index contributed by atoms with van der Waals surface area (Å²) in [6, 6.07) is 15.7. The number of carbonyl (C=O) groups excluding carboxylic acids is 2. The molecule has 6 nitrogen and oxygen atoms in total. The molecule has 2 aromatic rings. The Bertz CT molecular complexity index is 1030. The first-order chi connectivity index (χ1) is 16.0. The van der Waals surface area contributed by atoms with E-state index < -0.39 is 0 Å². The standard InChI is InChI=1S/C26H30ClN3O3/c1-3-33-26(32)20-12-14-29(15-13-20)17-25(31)30-24(19-10-8-18(2)9-11-19)16-23(28-30)21-6-4-5-7-22(21)27/h4-11,20,24H,3,12-17H2,1-2H3/t24-/m0/s1. The monoisotopic (exact) mass is 467 g/mol. The fraction of sp³-hybridized carbons (Fsp3) is 0.423. The topological polar surface area (TPSA) is 62.2 Å². The number of hydrogen-bond donors (Lipinski definition) is 0. The van der Waals surface area contributed by atoms with E-state index in [1.807, 2.05) is 38.1 Å². The number of rotatable bonds is 6. The summed E-state index contributed by atoms with van der Waals surface area (Å²) in [4.78, 5) is 27.5. The number of esters is 1. The molecular formula is C26H30ClN3O3. The summed E-state index contributed by atoms with van der Waals surface area (Å²) in [5.41, 5.74) is 3.91. The molecule has 1 atom stereocenters. The lowest BCUT2D eigenvalue weighted by Crippen LogP contribution is -2.43. The molecule has 0 aliphatic carbocycles. The Kier molecular flexibility index (Phi) is 7.46. The molecule has 2 aromatic carbocycles. The second kappa shape index (κ2) is 10.5. The molecule has 0 spiro atoms. The van der Waals surface area contributed by atoms with Crippen molar-refractivity contribution >= 4 is 29.2 Å². The zero-order valence-corrected chi connectivity index (χ0v) is 19.9. The van der Waals surface area contributed by atoms with Crippen molar-refractivity contribution in [1.82, 2.24) is 9.91 Å². The lowest BCUT2D eigenvalue weighted by molar-refractivity contribution is -0.149. The van der Waals surface area contributed by atoms with Gasteiger partial charge in [-0.2, -0.15) is 5.10 Å². The number of likely N-dealkylation sites (tertiary alicyclic amines) is 1. The number of carbonyl (C=O) groups is 2. The highest BCUT2D eigenvalue weighted by Gasteiger charge is 2.35. The first-order valence-electron chi connectivity index (χ1n) is 11.6. The number of nitrogens with zero attached hydrogens (tertiary/aromatic N) is 3. The number of benzene rings is 2. The zero-order valence-electron chi connectivity index (χ0n) is 19.2. The van der Waals surface area contributed by atoms with Gasteiger partial charge in [0.25, 0.3) is 5.91 Å². The van der Waals surface area contributed by atoms with Crippen LogP contribution in [0.1, 0.15) is 48.9 Å². The van der Waals surface area contributed by atoms with Gasteiger partial charge in [0, 0.05) is 17.0 Å². The SMILES string of the molecule is CCOC(=O)C1CCN(CC(=O)N2N=C(c3ccccc3Cl)C[C@H]2c2ccc(C)cc2)CC1. The molecule has 174 valence electrons. The number of hydrogen-bond acceptors (Lipinski definition) is 5. The van der Waals surface area contributed by atoms with Crippen LogP contribution in [0.2, 0.25) is 5.02 Å². The van der Waals surface area contributed by atoms with Crippen LogP contribution in [0.4, 0.5) is 0 Å². The maximum Gasteiger partial charge on any atom is 0.309 e. The third kappa shape index (κ3) is 5.45. The van der Waals surface area contributed by atoms with E-state index in [0.29, 0.717) is 44.0 Å². The van der Waals surface area contributed by atoms with E-state index in [4.69, 9.17) is 21.4 Å². The number of hydrazone groups is 1. The minimum atomic E-state index is -0.165. The van der Waals surface area contributed by atoms with Crippen LogP contribution in [0.15, 0.2) is 53.6 Å². The maximum absolute atomic E-state index is 13.4. The zero-order chi connectivity index (χ0) is 23.4. The second-order valence-corrected chi connectivity index (χ2v) is 9.11. The minimum Gasteiger partial charge on any atom is -0.466 e. The third-order valence-electron chi connectivity index (χ3n) is 6.38. The van der Waals surface area contributed by atoms with Crippen molar-refractivity contribution in [3.8, 4) is 0 Å². The fourth-order valence-electron chi connectivity index (χ4n) is 4.50. The number of ether oxygens (including phenoxy) is 1. The lowest BCUT2D eigenvalue weighted by Gasteiger charge is -2.32. The first-order valence-corrected chi connectivity index (χ1v) is 11.9. The molecule has 0 unspecified atom stereocenters. The van der Waals surface area contributed by atoms with Crippen LogP contribution in [0.5, 0.6) is 0 Å². The van der Waals surface area contributed by atoms with Crippen molar-refractivity contribution in [2.45, 2.75) is 39.2 Å². The summed E-state index contributed by atoms with van der Waals surface area (Å²) in [6.45, 7) is 5.94. The summed E-state index contributed by atoms with van der Waals surface area (Å²) in [6.07, 6.45) is 2.03. The molecule has 0 saturated carbocycles. The van der Waals surface area contributed by atoms with Crippen LogP contribution in [0, 0.1) is 12.8 Å². The van der Waals surface area contributed by atoms with Crippen molar-refractivity contribution in [3.63, 3.8) is 0 Å². The first kappa shape index (κ1) is 23.5. The average molecular weight is 468 g/mol. The summed E-state index contributed by atoms with van der Waals surface area (Å²) in [5.74, 6) is -0.248. The molecule has 2 heterocycles. The molecule has 0 bridgehead atoms. The van der Waals surface area contributed by atoms with Gasteiger partial charge in [-0.3, -0.25) is 14.5 Å². The Morgan fingerprint density at radius 1 is 1.09 bits per heavy atom. The highest BCUT2D eigenvalue weighted by atomic mass is 35.5. The summed E-state index contributed by atoms with van der Waals surface area (Å²) >= 11 is 6.43. The summed E-state index contributed by atoms with van der Waals surface area (Å²) in [5, 5.41) is 7.01. The van der Waals surface area contributed by atoms with Crippen LogP contribution in [-0.2, 0) is 14.3 Å². The van der Waals surface area contributed by atoms with E-state index in [1.54, 1.807) is 5.01 Å². The Morgan fingerprint density at radius 3 is 2.45 bits per heavy atom. The maximum atomic E-state index is 13.4. The van der Waals surface area contributed by atoms with E-state index in [-0.39, 0.29) is 30.4 Å². The van der Waals surface area contributed by atoms with Crippen LogP contribution in [0.3, 0.4) is 0 Å². The van der Waals surface area contributed by atoms with Crippen LogP contribution < -0.4 is 0 Å². The molecule has 2 aliphatic rings. The predicted molar refractivity (Wildman–Crippen MR) is 129 cm³/mol. The molecule has 0 N–H and O–H groups in total. The molecule has 1 saturated heterocycles. The van der Waals surface area contributed by atoms with Gasteiger partial charge in [-0.1, -0.05) is 59.6 Å². The van der Waals surface area contributed by atoms with Crippen LogP contribution in [0.25, 0.3) is 0 Å². The van der Waals surface area contributed by atoms with E-state index in [9.17, 15) is 9.59 Å². The van der Waals surface area contributed by atoms with Gasteiger partial charge >= 0.3 is 5.97 Å². The number of piperidine rings is 1. The molecule has 4 rings (SSSR count). The largest absolute Gasteiger partial charge is 0.466 e. The molecule has 1 amide bonds. The Hall–Kier alpha value is -2.70. The van der Waals surface area contributed by atoms with Gasteiger partial charge in [0.05, 0.1) is 30.8 Å². The summed E-state index contributed by atoms with van der Waals surface area (Å²) < 4.78 is 5.15. The Balaban J connectivity index is 1.49. The molecular weight excluding hydrogens is 438 g/mol. The van der Waals surface area contributed by atoms with Gasteiger partial charge in [-0.05, 0) is 51.4 Å². The molecule has 7 heteroatoms. The molecule has 2 aliphatic heterocycles. The van der Waals surface area contributed by atoms with E-state index in [1.165, 1.54) is 5.56 Å². The number of halogens is 1. The van der Waals surface area contributed by atoms with Crippen LogP contribution >= 0.6 is 11.6 Å². The van der Waals surface area contributed by atoms with E-state index in [2.05, 4.69) is 29.2 Å². The van der Waals surface area contributed by atoms with Gasteiger partial charge in [0.2, 0.25) is 0 Å². The van der Waals surface area contributed by atoms with E-state index in [0.717, 1.165) is 16.8 Å². The average Bonchev–Trinajstić information content (AvgIpc) is 3.26. The quantitative estimate of drug-likeness (QED) is 0.582. The van der Waals surface area contributed by atoms with Gasteiger partial charge in [-0.25, -0.2) is 5.01 Å². The smallest absolute Gasteiger partial charge is 0.309 e. The number of aryl methyl sites for hydroxylation is 1. The van der Waals surface area contributed by atoms with Gasteiger partial charge in [-0.15, -0.1) is 0 Å². The Labute approximate surface area is 200 Å². The van der Waals surface area contributed by atoms with Crippen molar-refractivity contribution < 1.29 is 14.3 Å². The number of amides is 1. The second-order valence-electron chi connectivity index (χ2n) is 8.70. The van der Waals surface area contributed by atoms with Crippen molar-refractivity contribution in [1.29, 1.82) is 0 Å². The molecule has 0 radical (unpaired) electrons. The third-order valence-corrected chi connectivity index (χ3v) is 6.71. The molecule has 0 aromatic heterocycles. The van der Waals surface area contributed by atoms with Gasteiger partial charge < -0.3 is 4.74 Å². The summed E-state index contributed by atoms with van der Waals surface area (Å²) in [7, 11) is 0. The lowest BCUT2D eigenvalue weighted by atomic mass is 9.96. The normalized spacial score (nSPS) is 19.4. The van der Waals surface area contributed by atoms with E-state index >= 15 is 0 Å². The molecule has 33 heavy (non-hydrogen) atoms. The Morgan fingerprint density at radius 2 is 1.79 bits per heavy atom. The predicted octanol–water partition coefficient (Wildman–Crippen LogP) is 4.60. The highest BCUT2D eigenvalue weighted by Crippen LogP contribution is 2.34. The van der Waals surface area contributed by atoms with Gasteiger partial charge in [0.15, 0.2) is 0 Å². The minimum absolute atomic E-state index is 0.0442. The molecule has 1 fully saturated rings. The van der Waals surface area contributed by atoms with Crippen molar-refractivity contribution in [3.05, 3.63) is 70.2 Å². The van der Waals surface area contributed by atoms with Crippen molar-refractivity contribution in [2.75, 3.05) is 26.2 Å². The van der Waals surface area contributed by atoms with Gasteiger partial charge in [0.1, 0.15) is 0 Å². The van der Waals surface area contributed by atoms with Crippen LogP contribution in [-0.4, -0.2) is 53.7 Å². The fourth-order valence-corrected chi connectivity index (χ4v) is 4.74. The van der Waals surface area contributed by atoms with Crippen molar-refractivity contribution in [2.24, 2.45) is 11.0 Å².